The second kappa shape index (κ2) is 13.3. The molecule has 1 rings (SSSR count). The Labute approximate surface area is 155 Å². The molecule has 0 saturated heterocycles. The van der Waals surface area contributed by atoms with Gasteiger partial charge < -0.3 is 9.47 Å². The van der Waals surface area contributed by atoms with Crippen LogP contribution < -0.4 is 4.74 Å². The second-order valence-electron chi connectivity index (χ2n) is 6.07. The van der Waals surface area contributed by atoms with Gasteiger partial charge in [0.2, 0.25) is 0 Å². The highest BCUT2D eigenvalue weighted by atomic mass is 79.9. The zero-order chi connectivity index (χ0) is 17.6. The van der Waals surface area contributed by atoms with Crippen molar-refractivity contribution in [2.24, 2.45) is 0 Å². The van der Waals surface area contributed by atoms with Crippen molar-refractivity contribution in [3.8, 4) is 5.75 Å². The van der Waals surface area contributed by atoms with E-state index in [1.807, 2.05) is 24.3 Å². The first-order valence-corrected chi connectivity index (χ1v) is 10.1. The van der Waals surface area contributed by atoms with Gasteiger partial charge in [0.05, 0.1) is 13.2 Å². The highest BCUT2D eigenvalue weighted by Gasteiger charge is 2.18. The summed E-state index contributed by atoms with van der Waals surface area (Å²) in [6.45, 7) is 5.61. The van der Waals surface area contributed by atoms with E-state index in [1.165, 1.54) is 32.1 Å². The number of carbonyl (C=O) groups excluding carboxylic acids is 1. The molecule has 0 aliphatic rings. The van der Waals surface area contributed by atoms with Gasteiger partial charge in [-0.05, 0) is 30.5 Å². The molecule has 0 heterocycles. The minimum Gasteiger partial charge on any atom is -0.494 e. The van der Waals surface area contributed by atoms with Gasteiger partial charge in [0.1, 0.15) is 10.6 Å². The van der Waals surface area contributed by atoms with Crippen molar-refractivity contribution in [2.45, 2.75) is 70.0 Å². The van der Waals surface area contributed by atoms with E-state index in [4.69, 9.17) is 9.47 Å². The maximum Gasteiger partial charge on any atom is 0.324 e. The molecule has 1 aromatic carbocycles. The Bertz CT molecular complexity index is 445. The van der Waals surface area contributed by atoms with Crippen LogP contribution in [0.15, 0.2) is 24.3 Å². The molecule has 0 amide bonds. The van der Waals surface area contributed by atoms with Crippen LogP contribution in [-0.2, 0) is 9.53 Å². The third-order valence-electron chi connectivity index (χ3n) is 3.89. The lowest BCUT2D eigenvalue weighted by atomic mass is 10.1. The molecule has 0 radical (unpaired) electrons. The first-order valence-electron chi connectivity index (χ1n) is 9.22. The number of alkyl halides is 1. The summed E-state index contributed by atoms with van der Waals surface area (Å²) in [5, 5.41) is 0. The monoisotopic (exact) mass is 398 g/mol. The van der Waals surface area contributed by atoms with E-state index < -0.39 is 4.83 Å². The first-order chi connectivity index (χ1) is 11.7. The van der Waals surface area contributed by atoms with Crippen LogP contribution in [0, 0.1) is 0 Å². The van der Waals surface area contributed by atoms with E-state index in [-0.39, 0.29) is 5.97 Å². The van der Waals surface area contributed by atoms with Crippen LogP contribution in [0.5, 0.6) is 5.75 Å². The molecule has 136 valence electrons. The minimum atomic E-state index is -0.415. The predicted octanol–water partition coefficient (Wildman–Crippen LogP) is 6.21. The van der Waals surface area contributed by atoms with Crippen LogP contribution in [0.25, 0.3) is 0 Å². The van der Waals surface area contributed by atoms with E-state index in [9.17, 15) is 4.79 Å². The summed E-state index contributed by atoms with van der Waals surface area (Å²) in [4.78, 5) is 11.6. The summed E-state index contributed by atoms with van der Waals surface area (Å²) >= 11 is 3.42. The molecule has 0 spiro atoms. The summed E-state index contributed by atoms with van der Waals surface area (Å²) in [6.07, 6.45) is 9.20. The van der Waals surface area contributed by atoms with E-state index >= 15 is 0 Å². The Morgan fingerprint density at radius 2 is 1.50 bits per heavy atom. The van der Waals surface area contributed by atoms with Gasteiger partial charge >= 0.3 is 5.97 Å². The number of ether oxygens (including phenoxy) is 2. The number of unbranched alkanes of at least 4 members (excludes halogenated alkanes) is 6. The summed E-state index contributed by atoms with van der Waals surface area (Å²) in [5.41, 5.74) is 0.895. The molecule has 1 unspecified atom stereocenters. The van der Waals surface area contributed by atoms with Crippen molar-refractivity contribution < 1.29 is 14.3 Å². The van der Waals surface area contributed by atoms with Gasteiger partial charge in [-0.15, -0.1) is 0 Å². The third-order valence-corrected chi connectivity index (χ3v) is 4.79. The first kappa shape index (κ1) is 21.0. The summed E-state index contributed by atoms with van der Waals surface area (Å²) < 4.78 is 11.0. The van der Waals surface area contributed by atoms with Crippen LogP contribution in [0.4, 0.5) is 0 Å². The van der Waals surface area contributed by atoms with Gasteiger partial charge in [-0.2, -0.15) is 0 Å². The molecule has 4 heteroatoms. The lowest BCUT2D eigenvalue weighted by Gasteiger charge is -2.12. The van der Waals surface area contributed by atoms with Crippen LogP contribution in [0.3, 0.4) is 0 Å². The van der Waals surface area contributed by atoms with Crippen LogP contribution in [-0.4, -0.2) is 19.2 Å². The summed E-state index contributed by atoms with van der Waals surface area (Å²) in [6, 6.07) is 7.66. The molecule has 0 aliphatic heterocycles. The summed E-state index contributed by atoms with van der Waals surface area (Å²) in [5.74, 6) is 0.627. The fraction of sp³-hybridized carbons (Fsp3) is 0.650. The van der Waals surface area contributed by atoms with Crippen LogP contribution >= 0.6 is 15.9 Å². The highest BCUT2D eigenvalue weighted by Crippen LogP contribution is 2.26. The zero-order valence-electron chi connectivity index (χ0n) is 15.1. The van der Waals surface area contributed by atoms with Crippen molar-refractivity contribution in [3.63, 3.8) is 0 Å². The van der Waals surface area contributed by atoms with Gasteiger partial charge in [-0.1, -0.05) is 80.4 Å². The highest BCUT2D eigenvalue weighted by molar-refractivity contribution is 9.09. The molecule has 0 bridgehead atoms. The zero-order valence-corrected chi connectivity index (χ0v) is 16.6. The normalized spacial score (nSPS) is 12.0. The van der Waals surface area contributed by atoms with Gasteiger partial charge in [0.15, 0.2) is 0 Å². The van der Waals surface area contributed by atoms with Crippen LogP contribution in [0.2, 0.25) is 0 Å². The largest absolute Gasteiger partial charge is 0.494 e. The Balaban J connectivity index is 2.31. The maximum atomic E-state index is 12.0. The van der Waals surface area contributed by atoms with Crippen molar-refractivity contribution in [1.29, 1.82) is 0 Å². The van der Waals surface area contributed by atoms with Gasteiger partial charge in [0.25, 0.3) is 0 Å². The average molecular weight is 399 g/mol. The molecule has 3 nitrogen and oxygen atoms in total. The number of halogens is 1. The second-order valence-corrected chi connectivity index (χ2v) is 6.98. The average Bonchev–Trinajstić information content (AvgIpc) is 2.61. The maximum absolute atomic E-state index is 12.0. The molecule has 1 aromatic rings. The fourth-order valence-corrected chi connectivity index (χ4v) is 2.80. The van der Waals surface area contributed by atoms with Crippen LogP contribution in [0.1, 0.15) is 75.6 Å². The molecular weight excluding hydrogens is 368 g/mol. The number of benzene rings is 1. The Morgan fingerprint density at radius 1 is 0.917 bits per heavy atom. The van der Waals surface area contributed by atoms with E-state index in [1.54, 1.807) is 0 Å². The third kappa shape index (κ3) is 8.72. The van der Waals surface area contributed by atoms with Crippen molar-refractivity contribution in [3.05, 3.63) is 29.8 Å². The van der Waals surface area contributed by atoms with Gasteiger partial charge in [0, 0.05) is 0 Å². The summed E-state index contributed by atoms with van der Waals surface area (Å²) in [7, 11) is 0. The molecular formula is C20H31BrO3. The molecule has 0 aliphatic carbocycles. The van der Waals surface area contributed by atoms with E-state index in [0.29, 0.717) is 6.61 Å². The molecule has 0 N–H and O–H groups in total. The van der Waals surface area contributed by atoms with Gasteiger partial charge in [-0.3, -0.25) is 4.79 Å². The number of hydrogen-bond acceptors (Lipinski definition) is 3. The molecule has 0 aromatic heterocycles. The predicted molar refractivity (Wildman–Crippen MR) is 103 cm³/mol. The lowest BCUT2D eigenvalue weighted by molar-refractivity contribution is -0.143. The Kier molecular flexibility index (Phi) is 11.6. The van der Waals surface area contributed by atoms with Crippen molar-refractivity contribution >= 4 is 21.9 Å². The lowest BCUT2D eigenvalue weighted by Crippen LogP contribution is -2.12. The Morgan fingerprint density at radius 3 is 2.08 bits per heavy atom. The van der Waals surface area contributed by atoms with E-state index in [2.05, 4.69) is 29.8 Å². The SMILES string of the molecule is CCCCCCOC(=O)C(Br)c1ccc(OCCCCCC)cc1. The molecule has 0 fully saturated rings. The quantitative estimate of drug-likeness (QED) is 0.225. The molecule has 0 saturated carbocycles. The smallest absolute Gasteiger partial charge is 0.324 e. The van der Waals surface area contributed by atoms with Crippen molar-refractivity contribution in [2.75, 3.05) is 13.2 Å². The van der Waals surface area contributed by atoms with Crippen molar-refractivity contribution in [1.82, 2.24) is 0 Å². The Hall–Kier alpha value is -1.03. The van der Waals surface area contributed by atoms with Gasteiger partial charge in [-0.25, -0.2) is 0 Å². The number of carbonyl (C=O) groups is 1. The standard InChI is InChI=1S/C20H31BrO3/c1-3-5-7-9-15-23-18-13-11-17(12-14-18)19(21)20(22)24-16-10-8-6-4-2/h11-14,19H,3-10,15-16H2,1-2H3. The number of rotatable bonds is 13. The number of esters is 1. The molecule has 24 heavy (non-hydrogen) atoms. The van der Waals surface area contributed by atoms with E-state index in [0.717, 1.165) is 37.2 Å². The minimum absolute atomic E-state index is 0.222. The molecule has 1 atom stereocenters. The number of hydrogen-bond donors (Lipinski definition) is 0. The fourth-order valence-electron chi connectivity index (χ4n) is 2.36. The topological polar surface area (TPSA) is 35.5 Å².